The minimum atomic E-state index is 0.0591. The molecule has 4 nitrogen and oxygen atoms in total. The average molecular weight is 301 g/mol. The molecule has 0 saturated heterocycles. The zero-order valence-corrected chi connectivity index (χ0v) is 13.0. The van der Waals surface area contributed by atoms with Crippen LogP contribution in [0.2, 0.25) is 0 Å². The van der Waals surface area contributed by atoms with Gasteiger partial charge < -0.3 is 10.6 Å². The van der Waals surface area contributed by atoms with Gasteiger partial charge in [0.1, 0.15) is 5.82 Å². The zero-order valence-electron chi connectivity index (χ0n) is 12.2. The molecule has 21 heavy (non-hydrogen) atoms. The van der Waals surface area contributed by atoms with Gasteiger partial charge in [-0.05, 0) is 24.6 Å². The summed E-state index contributed by atoms with van der Waals surface area (Å²) in [6.07, 6.45) is 1.69. The molecule has 0 saturated carbocycles. The van der Waals surface area contributed by atoms with Crippen LogP contribution < -0.4 is 5.73 Å². The van der Waals surface area contributed by atoms with Crippen molar-refractivity contribution < 1.29 is 4.79 Å². The van der Waals surface area contributed by atoms with Crippen LogP contribution in [0.4, 0.5) is 5.82 Å². The van der Waals surface area contributed by atoms with E-state index in [4.69, 9.17) is 5.73 Å². The monoisotopic (exact) mass is 301 g/mol. The van der Waals surface area contributed by atoms with E-state index in [1.165, 1.54) is 11.8 Å². The topological polar surface area (TPSA) is 59.2 Å². The Balaban J connectivity index is 1.92. The van der Waals surface area contributed by atoms with Gasteiger partial charge in [-0.2, -0.15) is 0 Å². The van der Waals surface area contributed by atoms with E-state index in [0.29, 0.717) is 11.6 Å². The van der Waals surface area contributed by atoms with E-state index in [1.54, 1.807) is 17.2 Å². The standard InChI is InChI=1S/C16H19N3OS/c1-12(13-6-4-3-5-7-13)19(2)16(20)11-21-14-8-9-15(17)18-10-14/h3-10,12H,11H2,1-2H3,(H2,17,18). The lowest BCUT2D eigenvalue weighted by Crippen LogP contribution is -2.31. The Labute approximate surface area is 129 Å². The number of benzene rings is 1. The fourth-order valence-electron chi connectivity index (χ4n) is 1.90. The highest BCUT2D eigenvalue weighted by atomic mass is 32.2. The van der Waals surface area contributed by atoms with Crippen LogP contribution in [0, 0.1) is 0 Å². The molecule has 0 aliphatic rings. The first-order valence-corrected chi connectivity index (χ1v) is 7.71. The fraction of sp³-hybridized carbons (Fsp3) is 0.250. The molecule has 0 fully saturated rings. The molecule has 2 aromatic rings. The van der Waals surface area contributed by atoms with Crippen LogP contribution in [0.3, 0.4) is 0 Å². The molecule has 110 valence electrons. The van der Waals surface area contributed by atoms with Crippen molar-refractivity contribution in [1.29, 1.82) is 0 Å². The summed E-state index contributed by atoms with van der Waals surface area (Å²) in [5, 5.41) is 0. The summed E-state index contributed by atoms with van der Waals surface area (Å²) in [6.45, 7) is 2.03. The van der Waals surface area contributed by atoms with E-state index in [0.717, 1.165) is 10.5 Å². The molecule has 0 aliphatic heterocycles. The third-order valence-electron chi connectivity index (χ3n) is 3.38. The zero-order chi connectivity index (χ0) is 15.2. The molecule has 1 atom stereocenters. The third-order valence-corrected chi connectivity index (χ3v) is 4.34. The predicted octanol–water partition coefficient (Wildman–Crippen LogP) is 2.98. The van der Waals surface area contributed by atoms with Gasteiger partial charge in [0.25, 0.3) is 0 Å². The van der Waals surface area contributed by atoms with Crippen molar-refractivity contribution in [3.63, 3.8) is 0 Å². The van der Waals surface area contributed by atoms with E-state index in [1.807, 2.05) is 50.4 Å². The summed E-state index contributed by atoms with van der Waals surface area (Å²) in [7, 11) is 1.84. The lowest BCUT2D eigenvalue weighted by atomic mass is 10.1. The number of anilines is 1. The van der Waals surface area contributed by atoms with Gasteiger partial charge >= 0.3 is 0 Å². The van der Waals surface area contributed by atoms with Crippen molar-refractivity contribution >= 4 is 23.5 Å². The summed E-state index contributed by atoms with van der Waals surface area (Å²) < 4.78 is 0. The second kappa shape index (κ2) is 7.13. The molecule has 1 amide bonds. The van der Waals surface area contributed by atoms with Crippen LogP contribution in [-0.2, 0) is 4.79 Å². The Kier molecular flexibility index (Phi) is 5.22. The van der Waals surface area contributed by atoms with Crippen LogP contribution >= 0.6 is 11.8 Å². The average Bonchev–Trinajstić information content (AvgIpc) is 2.53. The number of hydrogen-bond donors (Lipinski definition) is 1. The molecular formula is C16H19N3OS. The maximum atomic E-state index is 12.3. The Bertz CT molecular complexity index is 586. The second-order valence-corrected chi connectivity index (χ2v) is 5.85. The van der Waals surface area contributed by atoms with Gasteiger partial charge in [-0.3, -0.25) is 4.79 Å². The maximum Gasteiger partial charge on any atom is 0.233 e. The van der Waals surface area contributed by atoms with Crippen LogP contribution in [0.1, 0.15) is 18.5 Å². The van der Waals surface area contributed by atoms with Crippen LogP contribution in [0.5, 0.6) is 0 Å². The number of thioether (sulfide) groups is 1. The highest BCUT2D eigenvalue weighted by Gasteiger charge is 2.17. The molecule has 0 radical (unpaired) electrons. The van der Waals surface area contributed by atoms with Crippen molar-refractivity contribution in [3.8, 4) is 0 Å². The number of amides is 1. The SMILES string of the molecule is CC(c1ccccc1)N(C)C(=O)CSc1ccc(N)nc1. The first-order chi connectivity index (χ1) is 10.1. The number of rotatable bonds is 5. The maximum absolute atomic E-state index is 12.3. The predicted molar refractivity (Wildman–Crippen MR) is 87.0 cm³/mol. The fourth-order valence-corrected chi connectivity index (χ4v) is 2.68. The van der Waals surface area contributed by atoms with Gasteiger partial charge in [-0.1, -0.05) is 30.3 Å². The number of pyridine rings is 1. The summed E-state index contributed by atoms with van der Waals surface area (Å²) in [5.74, 6) is 0.966. The number of nitrogens with zero attached hydrogens (tertiary/aromatic N) is 2. The van der Waals surface area contributed by atoms with Gasteiger partial charge in [0.2, 0.25) is 5.91 Å². The van der Waals surface area contributed by atoms with Crippen LogP contribution in [0.25, 0.3) is 0 Å². The third kappa shape index (κ3) is 4.23. The summed E-state index contributed by atoms with van der Waals surface area (Å²) >= 11 is 1.47. The molecule has 0 aliphatic carbocycles. The number of carbonyl (C=O) groups is 1. The molecule has 0 spiro atoms. The summed E-state index contributed by atoms with van der Waals surface area (Å²) in [6, 6.07) is 13.7. The van der Waals surface area contributed by atoms with Gasteiger partial charge in [0.05, 0.1) is 11.8 Å². The quantitative estimate of drug-likeness (QED) is 0.863. The summed E-state index contributed by atoms with van der Waals surface area (Å²) in [4.78, 5) is 19.0. The summed E-state index contributed by atoms with van der Waals surface area (Å²) in [5.41, 5.74) is 6.67. The lowest BCUT2D eigenvalue weighted by molar-refractivity contribution is -0.128. The van der Waals surface area contributed by atoms with Gasteiger partial charge in [0, 0.05) is 18.1 Å². The van der Waals surface area contributed by atoms with Crippen molar-refractivity contribution in [3.05, 3.63) is 54.2 Å². The number of aromatic nitrogens is 1. The number of nitrogen functional groups attached to an aromatic ring is 1. The van der Waals surface area contributed by atoms with Crippen LogP contribution in [-0.4, -0.2) is 28.6 Å². The first-order valence-electron chi connectivity index (χ1n) is 6.73. The van der Waals surface area contributed by atoms with Crippen molar-refractivity contribution in [1.82, 2.24) is 9.88 Å². The number of carbonyl (C=O) groups excluding carboxylic acids is 1. The largest absolute Gasteiger partial charge is 0.384 e. The highest BCUT2D eigenvalue weighted by Crippen LogP contribution is 2.22. The smallest absolute Gasteiger partial charge is 0.233 e. The van der Waals surface area contributed by atoms with E-state index >= 15 is 0 Å². The minimum absolute atomic E-state index is 0.0591. The molecule has 5 heteroatoms. The molecule has 0 bridgehead atoms. The second-order valence-electron chi connectivity index (χ2n) is 4.80. The van der Waals surface area contributed by atoms with Crippen molar-refractivity contribution in [2.75, 3.05) is 18.5 Å². The first kappa shape index (κ1) is 15.4. The Morgan fingerprint density at radius 1 is 1.29 bits per heavy atom. The number of nitrogens with two attached hydrogens (primary N) is 1. The molecule has 1 unspecified atom stereocenters. The van der Waals surface area contributed by atoms with E-state index in [2.05, 4.69) is 4.98 Å². The lowest BCUT2D eigenvalue weighted by Gasteiger charge is -2.25. The van der Waals surface area contributed by atoms with Gasteiger partial charge in [0.15, 0.2) is 0 Å². The molecule has 1 aromatic carbocycles. The van der Waals surface area contributed by atoms with E-state index in [-0.39, 0.29) is 11.9 Å². The van der Waals surface area contributed by atoms with E-state index < -0.39 is 0 Å². The van der Waals surface area contributed by atoms with Crippen LogP contribution in [0.15, 0.2) is 53.6 Å². The Morgan fingerprint density at radius 2 is 2.00 bits per heavy atom. The minimum Gasteiger partial charge on any atom is -0.384 e. The molecular weight excluding hydrogens is 282 g/mol. The molecule has 1 heterocycles. The van der Waals surface area contributed by atoms with E-state index in [9.17, 15) is 4.79 Å². The highest BCUT2D eigenvalue weighted by molar-refractivity contribution is 8.00. The normalized spacial score (nSPS) is 11.9. The Morgan fingerprint density at radius 3 is 2.62 bits per heavy atom. The molecule has 2 rings (SSSR count). The Hall–Kier alpha value is -2.01. The molecule has 1 aromatic heterocycles. The van der Waals surface area contributed by atoms with Gasteiger partial charge in [-0.15, -0.1) is 11.8 Å². The number of hydrogen-bond acceptors (Lipinski definition) is 4. The van der Waals surface area contributed by atoms with Gasteiger partial charge in [-0.25, -0.2) is 4.98 Å². The molecule has 2 N–H and O–H groups in total. The van der Waals surface area contributed by atoms with Crippen molar-refractivity contribution in [2.45, 2.75) is 17.9 Å². The van der Waals surface area contributed by atoms with Crippen molar-refractivity contribution in [2.24, 2.45) is 0 Å².